The molecule has 1 aliphatic heterocycles. The fourth-order valence-corrected chi connectivity index (χ4v) is 4.87. The third-order valence-corrected chi connectivity index (χ3v) is 6.85. The van der Waals surface area contributed by atoms with E-state index in [1.807, 2.05) is 18.3 Å². The number of hydrogen-bond donors (Lipinski definition) is 1. The van der Waals surface area contributed by atoms with E-state index < -0.39 is 9.84 Å². The van der Waals surface area contributed by atoms with Crippen molar-refractivity contribution in [3.63, 3.8) is 0 Å². The summed E-state index contributed by atoms with van der Waals surface area (Å²) in [6, 6.07) is 7.71. The van der Waals surface area contributed by atoms with Gasteiger partial charge in [0.05, 0.1) is 36.0 Å². The predicted molar refractivity (Wildman–Crippen MR) is 104 cm³/mol. The third-order valence-electron chi connectivity index (χ3n) is 5.72. The van der Waals surface area contributed by atoms with E-state index >= 15 is 0 Å². The molecule has 2 heterocycles. The van der Waals surface area contributed by atoms with Gasteiger partial charge in [0.25, 0.3) is 0 Å². The van der Waals surface area contributed by atoms with Crippen LogP contribution >= 0.6 is 0 Å². The first kappa shape index (κ1) is 18.7. The monoisotopic (exact) mass is 389 g/mol. The molecule has 146 valence electrons. The van der Waals surface area contributed by atoms with Crippen LogP contribution in [0, 0.1) is 0 Å². The molecule has 0 amide bonds. The summed E-state index contributed by atoms with van der Waals surface area (Å²) in [5.41, 5.74) is 1.83. The fraction of sp³-hybridized carbons (Fsp3) is 0.550. The van der Waals surface area contributed by atoms with E-state index in [1.54, 1.807) is 12.1 Å². The Hall–Kier alpha value is -1.70. The fourth-order valence-electron chi connectivity index (χ4n) is 4.24. The van der Waals surface area contributed by atoms with Gasteiger partial charge in [0, 0.05) is 18.8 Å². The van der Waals surface area contributed by atoms with Crippen LogP contribution in [0.2, 0.25) is 0 Å². The van der Waals surface area contributed by atoms with Crippen molar-refractivity contribution < 1.29 is 13.2 Å². The van der Waals surface area contributed by atoms with Crippen LogP contribution in [-0.4, -0.2) is 55.3 Å². The number of aromatic amines is 1. The Labute approximate surface area is 160 Å². The lowest BCUT2D eigenvalue weighted by molar-refractivity contribution is -0.0400. The average molecular weight is 390 g/mol. The van der Waals surface area contributed by atoms with E-state index in [4.69, 9.17) is 4.74 Å². The molecule has 6 nitrogen and oxygen atoms in total. The van der Waals surface area contributed by atoms with Crippen molar-refractivity contribution in [2.24, 2.45) is 0 Å². The Morgan fingerprint density at radius 2 is 1.89 bits per heavy atom. The van der Waals surface area contributed by atoms with Gasteiger partial charge in [-0.25, -0.2) is 13.4 Å². The molecule has 2 aliphatic rings. The second kappa shape index (κ2) is 7.73. The summed E-state index contributed by atoms with van der Waals surface area (Å²) in [5.74, 6) is 0.933. The van der Waals surface area contributed by atoms with Crippen molar-refractivity contribution in [3.05, 3.63) is 36.3 Å². The number of nitrogens with zero attached hydrogens (tertiary/aromatic N) is 2. The normalized spacial score (nSPS) is 22.8. The van der Waals surface area contributed by atoms with Crippen molar-refractivity contribution in [3.8, 4) is 11.3 Å². The highest BCUT2D eigenvalue weighted by atomic mass is 32.2. The molecule has 0 unspecified atom stereocenters. The lowest BCUT2D eigenvalue weighted by Gasteiger charge is -2.41. The molecule has 2 aromatic rings. The van der Waals surface area contributed by atoms with Gasteiger partial charge in [0.2, 0.25) is 0 Å². The van der Waals surface area contributed by atoms with Gasteiger partial charge < -0.3 is 9.72 Å². The summed E-state index contributed by atoms with van der Waals surface area (Å²) in [7, 11) is -3.18. The lowest BCUT2D eigenvalue weighted by atomic mass is 9.93. The maximum absolute atomic E-state index is 11.6. The number of aromatic nitrogens is 2. The number of morpholine rings is 1. The smallest absolute Gasteiger partial charge is 0.175 e. The molecule has 27 heavy (non-hydrogen) atoms. The van der Waals surface area contributed by atoms with Crippen molar-refractivity contribution in [1.29, 1.82) is 0 Å². The van der Waals surface area contributed by atoms with E-state index in [2.05, 4.69) is 14.9 Å². The molecule has 1 aromatic carbocycles. The summed E-state index contributed by atoms with van der Waals surface area (Å²) in [4.78, 5) is 11.0. The van der Waals surface area contributed by atoms with Gasteiger partial charge >= 0.3 is 0 Å². The largest absolute Gasteiger partial charge is 0.378 e. The summed E-state index contributed by atoms with van der Waals surface area (Å²) >= 11 is 0. The van der Waals surface area contributed by atoms with Crippen LogP contribution in [0.15, 0.2) is 35.4 Å². The molecule has 1 atom stereocenters. The zero-order valence-electron chi connectivity index (χ0n) is 15.7. The Bertz CT molecular complexity index is 870. The second-order valence-corrected chi connectivity index (χ2v) is 9.61. The molecule has 0 radical (unpaired) electrons. The molecule has 7 heteroatoms. The van der Waals surface area contributed by atoms with Gasteiger partial charge in [-0.1, -0.05) is 31.4 Å². The highest BCUT2D eigenvalue weighted by Gasteiger charge is 2.33. The minimum atomic E-state index is -3.18. The number of hydrogen-bond acceptors (Lipinski definition) is 5. The van der Waals surface area contributed by atoms with Gasteiger partial charge in [0.1, 0.15) is 5.82 Å². The van der Waals surface area contributed by atoms with Crippen molar-refractivity contribution in [1.82, 2.24) is 14.9 Å². The minimum Gasteiger partial charge on any atom is -0.378 e. The number of sulfone groups is 1. The summed E-state index contributed by atoms with van der Waals surface area (Å²) in [6.07, 6.45) is 9.54. The SMILES string of the molecule is CS(=O)(=O)c1ccc(-c2cnc([C@@H]3COCCN3C3CCCCC3)[nH]2)cc1. The Morgan fingerprint density at radius 3 is 2.59 bits per heavy atom. The number of ether oxygens (including phenoxy) is 1. The first-order valence-corrected chi connectivity index (χ1v) is 11.6. The molecular weight excluding hydrogens is 362 g/mol. The van der Waals surface area contributed by atoms with Crippen molar-refractivity contribution in [2.75, 3.05) is 26.0 Å². The molecule has 4 rings (SSSR count). The van der Waals surface area contributed by atoms with Gasteiger partial charge in [-0.15, -0.1) is 0 Å². The van der Waals surface area contributed by atoms with Crippen molar-refractivity contribution >= 4 is 9.84 Å². The Balaban J connectivity index is 1.55. The first-order valence-electron chi connectivity index (χ1n) is 9.71. The molecule has 2 fully saturated rings. The van der Waals surface area contributed by atoms with E-state index in [0.29, 0.717) is 17.5 Å². The maximum Gasteiger partial charge on any atom is 0.175 e. The number of rotatable bonds is 4. The van der Waals surface area contributed by atoms with Crippen LogP contribution in [0.25, 0.3) is 11.3 Å². The molecule has 1 saturated carbocycles. The maximum atomic E-state index is 11.6. The van der Waals surface area contributed by atoms with Crippen LogP contribution in [0.1, 0.15) is 44.0 Å². The van der Waals surface area contributed by atoms with E-state index in [1.165, 1.54) is 38.4 Å². The van der Waals surface area contributed by atoms with Crippen LogP contribution in [0.5, 0.6) is 0 Å². The standard InChI is InChI=1S/C20H27N3O3S/c1-27(24,25)17-9-7-15(8-10-17)18-13-21-20(22-18)19-14-26-12-11-23(19)16-5-3-2-4-6-16/h7-10,13,16,19H,2-6,11-12,14H2,1H3,(H,21,22)/t19-/m0/s1. The molecule has 1 aliphatic carbocycles. The predicted octanol–water partition coefficient (Wildman–Crippen LogP) is 3.19. The molecule has 1 N–H and O–H groups in total. The number of nitrogens with one attached hydrogen (secondary N) is 1. The molecule has 1 aromatic heterocycles. The summed E-state index contributed by atoms with van der Waals surface area (Å²) in [5, 5.41) is 0. The zero-order valence-corrected chi connectivity index (χ0v) is 16.5. The zero-order chi connectivity index (χ0) is 18.9. The highest BCUT2D eigenvalue weighted by molar-refractivity contribution is 7.90. The summed E-state index contributed by atoms with van der Waals surface area (Å²) < 4.78 is 29.0. The first-order chi connectivity index (χ1) is 13.0. The van der Waals surface area contributed by atoms with Gasteiger partial charge in [-0.2, -0.15) is 0 Å². The average Bonchev–Trinajstić information content (AvgIpc) is 3.18. The van der Waals surface area contributed by atoms with Crippen LogP contribution < -0.4 is 0 Å². The molecule has 0 spiro atoms. The minimum absolute atomic E-state index is 0.158. The van der Waals surface area contributed by atoms with Crippen LogP contribution in [0.3, 0.4) is 0 Å². The lowest BCUT2D eigenvalue weighted by Crippen LogP contribution is -2.46. The van der Waals surface area contributed by atoms with Crippen molar-refractivity contribution in [2.45, 2.75) is 49.1 Å². The van der Waals surface area contributed by atoms with E-state index in [9.17, 15) is 8.42 Å². The topological polar surface area (TPSA) is 75.3 Å². The summed E-state index contributed by atoms with van der Waals surface area (Å²) in [6.45, 7) is 2.40. The van der Waals surface area contributed by atoms with Crippen LogP contribution in [-0.2, 0) is 14.6 Å². The Kier molecular flexibility index (Phi) is 5.34. The molecule has 1 saturated heterocycles. The third kappa shape index (κ3) is 4.10. The molecular formula is C20H27N3O3S. The van der Waals surface area contributed by atoms with E-state index in [0.717, 1.165) is 30.2 Å². The van der Waals surface area contributed by atoms with E-state index in [-0.39, 0.29) is 6.04 Å². The second-order valence-electron chi connectivity index (χ2n) is 7.60. The van der Waals surface area contributed by atoms with Crippen LogP contribution in [0.4, 0.5) is 0 Å². The number of H-pyrrole nitrogens is 1. The van der Waals surface area contributed by atoms with Gasteiger partial charge in [-0.05, 0) is 30.5 Å². The highest BCUT2D eigenvalue weighted by Crippen LogP contribution is 2.32. The van der Waals surface area contributed by atoms with Gasteiger partial charge in [-0.3, -0.25) is 4.90 Å². The number of imidazole rings is 1. The number of benzene rings is 1. The van der Waals surface area contributed by atoms with Gasteiger partial charge in [0.15, 0.2) is 9.84 Å². The quantitative estimate of drug-likeness (QED) is 0.869. The molecule has 0 bridgehead atoms. The Morgan fingerprint density at radius 1 is 1.15 bits per heavy atom.